The molecule has 1 aromatic carbocycles. The zero-order valence-electron chi connectivity index (χ0n) is 19.4. The Bertz CT molecular complexity index is 708. The Morgan fingerprint density at radius 2 is 1.70 bits per heavy atom. The summed E-state index contributed by atoms with van der Waals surface area (Å²) in [6, 6.07) is 6.75. The van der Waals surface area contributed by atoms with E-state index in [0.29, 0.717) is 6.54 Å². The first-order valence-electron chi connectivity index (χ1n) is 10.6. The summed E-state index contributed by atoms with van der Waals surface area (Å²) in [5, 5.41) is 5.43. The molecule has 1 aromatic rings. The normalized spacial score (nSPS) is 12.3. The van der Waals surface area contributed by atoms with E-state index in [9.17, 15) is 14.4 Å². The largest absolute Gasteiger partial charge is 0.444 e. The van der Waals surface area contributed by atoms with Crippen LogP contribution in [-0.4, -0.2) is 47.5 Å². The van der Waals surface area contributed by atoms with E-state index in [-0.39, 0.29) is 24.4 Å². The number of carbonyl (C=O) groups excluding carboxylic acids is 3. The highest BCUT2D eigenvalue weighted by molar-refractivity contribution is 5.90. The molecule has 0 aliphatic heterocycles. The molecule has 168 valence electrons. The number of rotatable bonds is 9. The number of carbonyl (C=O) groups is 3. The fourth-order valence-electron chi connectivity index (χ4n) is 2.87. The number of nitrogens with one attached hydrogen (secondary N) is 2. The fraction of sp³-hybridized carbons (Fsp3) is 0.609. The molecule has 1 unspecified atom stereocenters. The maximum Gasteiger partial charge on any atom is 0.408 e. The van der Waals surface area contributed by atoms with Crippen LogP contribution in [-0.2, 0) is 14.3 Å². The minimum atomic E-state index is -0.771. The summed E-state index contributed by atoms with van der Waals surface area (Å²) in [5.74, 6) is -0.575. The van der Waals surface area contributed by atoms with E-state index in [1.54, 1.807) is 25.7 Å². The molecule has 7 heteroatoms. The Morgan fingerprint density at radius 1 is 1.10 bits per heavy atom. The van der Waals surface area contributed by atoms with Crippen LogP contribution in [0.3, 0.4) is 0 Å². The van der Waals surface area contributed by atoms with Crippen molar-refractivity contribution in [3.05, 3.63) is 35.4 Å². The number of nitrogens with zero attached hydrogens (tertiary/aromatic N) is 1. The molecule has 0 fully saturated rings. The Labute approximate surface area is 180 Å². The van der Waals surface area contributed by atoms with Gasteiger partial charge in [0.1, 0.15) is 18.2 Å². The lowest BCUT2D eigenvalue weighted by atomic mass is 10.0. The van der Waals surface area contributed by atoms with Crippen molar-refractivity contribution in [1.29, 1.82) is 0 Å². The molecule has 0 bridgehead atoms. The van der Waals surface area contributed by atoms with Gasteiger partial charge in [0.2, 0.25) is 11.8 Å². The van der Waals surface area contributed by atoms with E-state index in [0.717, 1.165) is 24.0 Å². The molecule has 0 aliphatic rings. The van der Waals surface area contributed by atoms with Crippen molar-refractivity contribution < 1.29 is 19.1 Å². The highest BCUT2D eigenvalue weighted by atomic mass is 16.6. The summed E-state index contributed by atoms with van der Waals surface area (Å²) >= 11 is 0. The lowest BCUT2D eigenvalue weighted by Crippen LogP contribution is -2.49. The SMILES string of the molecule is CCCCN(C(=O)CNC(=O)OC(C)(C)C)C(C(=O)NC(C)C)c1ccc(C)cc1. The molecule has 2 N–H and O–H groups in total. The van der Waals surface area contributed by atoms with Gasteiger partial charge in [-0.25, -0.2) is 4.79 Å². The second-order valence-corrected chi connectivity index (χ2v) is 8.77. The van der Waals surface area contributed by atoms with Gasteiger partial charge in [-0.3, -0.25) is 9.59 Å². The average molecular weight is 420 g/mol. The highest BCUT2D eigenvalue weighted by Gasteiger charge is 2.31. The van der Waals surface area contributed by atoms with Gasteiger partial charge in [-0.05, 0) is 53.5 Å². The van der Waals surface area contributed by atoms with Crippen molar-refractivity contribution in [1.82, 2.24) is 15.5 Å². The minimum Gasteiger partial charge on any atom is -0.444 e. The van der Waals surface area contributed by atoms with Crippen LogP contribution >= 0.6 is 0 Å². The van der Waals surface area contributed by atoms with E-state index in [1.165, 1.54) is 0 Å². The number of hydrogen-bond acceptors (Lipinski definition) is 4. The maximum atomic E-state index is 13.1. The smallest absolute Gasteiger partial charge is 0.408 e. The number of hydrogen-bond donors (Lipinski definition) is 2. The molecule has 1 atom stereocenters. The molecular formula is C23H37N3O4. The number of benzene rings is 1. The second-order valence-electron chi connectivity index (χ2n) is 8.77. The standard InChI is InChI=1S/C23H37N3O4/c1-8-9-14-26(19(27)15-24-22(29)30-23(5,6)7)20(21(28)25-16(2)3)18-12-10-17(4)11-13-18/h10-13,16,20H,8-9,14-15H2,1-7H3,(H,24,29)(H,25,28). The van der Waals surface area contributed by atoms with Gasteiger partial charge in [-0.2, -0.15) is 0 Å². The van der Waals surface area contributed by atoms with Crippen LogP contribution < -0.4 is 10.6 Å². The van der Waals surface area contributed by atoms with E-state index >= 15 is 0 Å². The van der Waals surface area contributed by atoms with Gasteiger partial charge < -0.3 is 20.3 Å². The van der Waals surface area contributed by atoms with Gasteiger partial charge in [0.15, 0.2) is 0 Å². The Morgan fingerprint density at radius 3 is 2.20 bits per heavy atom. The van der Waals surface area contributed by atoms with Crippen molar-refractivity contribution in [2.24, 2.45) is 0 Å². The van der Waals surface area contributed by atoms with Crippen LogP contribution in [0.5, 0.6) is 0 Å². The van der Waals surface area contributed by atoms with E-state index in [1.807, 2.05) is 52.0 Å². The molecule has 0 radical (unpaired) electrons. The Balaban J connectivity index is 3.12. The van der Waals surface area contributed by atoms with Gasteiger partial charge in [0.25, 0.3) is 0 Å². The maximum absolute atomic E-state index is 13.1. The summed E-state index contributed by atoms with van der Waals surface area (Å²) in [6.45, 7) is 13.2. The van der Waals surface area contributed by atoms with Crippen LogP contribution in [0.1, 0.15) is 71.6 Å². The lowest BCUT2D eigenvalue weighted by Gasteiger charge is -2.32. The third-order valence-electron chi connectivity index (χ3n) is 4.24. The van der Waals surface area contributed by atoms with E-state index in [2.05, 4.69) is 10.6 Å². The third-order valence-corrected chi connectivity index (χ3v) is 4.24. The molecule has 30 heavy (non-hydrogen) atoms. The van der Waals surface area contributed by atoms with Crippen molar-refractivity contribution in [3.8, 4) is 0 Å². The highest BCUT2D eigenvalue weighted by Crippen LogP contribution is 2.23. The molecular weight excluding hydrogens is 382 g/mol. The summed E-state index contributed by atoms with van der Waals surface area (Å²) in [7, 11) is 0. The van der Waals surface area contributed by atoms with Crippen LogP contribution in [0.15, 0.2) is 24.3 Å². The summed E-state index contributed by atoms with van der Waals surface area (Å²) < 4.78 is 5.21. The van der Waals surface area contributed by atoms with E-state index in [4.69, 9.17) is 4.74 Å². The van der Waals surface area contributed by atoms with Crippen LogP contribution in [0.2, 0.25) is 0 Å². The first-order chi connectivity index (χ1) is 13.9. The van der Waals surface area contributed by atoms with Gasteiger partial charge in [0, 0.05) is 12.6 Å². The predicted molar refractivity (Wildman–Crippen MR) is 118 cm³/mol. The van der Waals surface area contributed by atoms with Gasteiger partial charge in [-0.1, -0.05) is 43.2 Å². The van der Waals surface area contributed by atoms with Crippen molar-refractivity contribution in [2.45, 2.75) is 79.0 Å². The number of alkyl carbamates (subject to hydrolysis) is 1. The van der Waals surface area contributed by atoms with Crippen LogP contribution in [0, 0.1) is 6.92 Å². The van der Waals surface area contributed by atoms with Crippen molar-refractivity contribution >= 4 is 17.9 Å². The monoisotopic (exact) mass is 419 g/mol. The average Bonchev–Trinajstić information content (AvgIpc) is 2.62. The van der Waals surface area contributed by atoms with E-state index < -0.39 is 17.7 Å². The third kappa shape index (κ3) is 8.84. The molecule has 0 heterocycles. The molecule has 0 aliphatic carbocycles. The molecule has 3 amide bonds. The topological polar surface area (TPSA) is 87.7 Å². The number of ether oxygens (including phenoxy) is 1. The Kier molecular flexibility index (Phi) is 9.82. The van der Waals surface area contributed by atoms with Crippen LogP contribution in [0.25, 0.3) is 0 Å². The fourth-order valence-corrected chi connectivity index (χ4v) is 2.87. The summed E-state index contributed by atoms with van der Waals surface area (Å²) in [6.07, 6.45) is 0.954. The zero-order valence-corrected chi connectivity index (χ0v) is 19.4. The molecule has 0 spiro atoms. The zero-order chi connectivity index (χ0) is 22.9. The number of amides is 3. The van der Waals surface area contributed by atoms with Gasteiger partial charge in [0.05, 0.1) is 0 Å². The van der Waals surface area contributed by atoms with Crippen molar-refractivity contribution in [2.75, 3.05) is 13.1 Å². The summed E-state index contributed by atoms with van der Waals surface area (Å²) in [4.78, 5) is 39.6. The first-order valence-corrected chi connectivity index (χ1v) is 10.6. The molecule has 7 nitrogen and oxygen atoms in total. The van der Waals surface area contributed by atoms with Crippen LogP contribution in [0.4, 0.5) is 4.79 Å². The summed E-state index contributed by atoms with van der Waals surface area (Å²) in [5.41, 5.74) is 1.15. The predicted octanol–water partition coefficient (Wildman–Crippen LogP) is 3.71. The molecule has 0 aromatic heterocycles. The number of unbranched alkanes of at least 4 members (excludes halogenated alkanes) is 1. The number of aryl methyl sites for hydroxylation is 1. The van der Waals surface area contributed by atoms with Crippen molar-refractivity contribution in [3.63, 3.8) is 0 Å². The molecule has 0 saturated heterocycles. The quantitative estimate of drug-likeness (QED) is 0.639. The minimum absolute atomic E-state index is 0.0616. The lowest BCUT2D eigenvalue weighted by molar-refractivity contribution is -0.140. The second kappa shape index (κ2) is 11.6. The van der Waals surface area contributed by atoms with Gasteiger partial charge in [-0.15, -0.1) is 0 Å². The molecule has 1 rings (SSSR count). The Hall–Kier alpha value is -2.57. The van der Waals surface area contributed by atoms with Gasteiger partial charge >= 0.3 is 6.09 Å². The molecule has 0 saturated carbocycles. The first kappa shape index (κ1) is 25.5.